The van der Waals surface area contributed by atoms with Crippen LogP contribution in [0, 0.1) is 22.9 Å². The van der Waals surface area contributed by atoms with Crippen molar-refractivity contribution >= 4 is 39.5 Å². The Bertz CT molecular complexity index is 1380. The normalized spacial score (nSPS) is 10.8. The Kier molecular flexibility index (Phi) is 6.09. The predicted octanol–water partition coefficient (Wildman–Crippen LogP) is 3.11. The van der Waals surface area contributed by atoms with Crippen molar-refractivity contribution in [2.24, 2.45) is 0 Å². The van der Waals surface area contributed by atoms with Gasteiger partial charge in [0.2, 0.25) is 4.96 Å². The van der Waals surface area contributed by atoms with Crippen LogP contribution in [-0.2, 0) is 16.0 Å². The van der Waals surface area contributed by atoms with Gasteiger partial charge in [-0.15, -0.1) is 16.4 Å². The Morgan fingerprint density at radius 2 is 2.00 bits per heavy atom. The number of nitro benzene ring substituents is 1. The Labute approximate surface area is 190 Å². The van der Waals surface area contributed by atoms with Crippen LogP contribution in [0.3, 0.4) is 0 Å². The van der Waals surface area contributed by atoms with Gasteiger partial charge in [-0.05, 0) is 24.6 Å². The molecule has 4 rings (SSSR count). The quantitative estimate of drug-likeness (QED) is 0.254. The second-order valence-corrected chi connectivity index (χ2v) is 7.89. The summed E-state index contributed by atoms with van der Waals surface area (Å²) in [5.74, 6) is -1.97. The van der Waals surface area contributed by atoms with Crippen LogP contribution < -0.4 is 10.6 Å². The molecule has 12 heteroatoms. The standard InChI is InChI=1S/C21H17FN6O4S/c1-12-6-7-13(28(31)32)10-17(12)24-20(30)19(29)23-9-8-14-11-33-21-25-18(26-27(14)21)15-4-2-3-5-16(15)22/h2-7,10-11H,8-9H2,1H3,(H,23,29)(H,24,30). The van der Waals surface area contributed by atoms with Crippen LogP contribution in [-0.4, -0.2) is 37.9 Å². The lowest BCUT2D eigenvalue weighted by Crippen LogP contribution is -2.36. The molecule has 2 N–H and O–H groups in total. The number of aryl methyl sites for hydroxylation is 1. The van der Waals surface area contributed by atoms with Crippen molar-refractivity contribution in [2.45, 2.75) is 13.3 Å². The summed E-state index contributed by atoms with van der Waals surface area (Å²) in [4.78, 5) is 39.6. The van der Waals surface area contributed by atoms with Crippen molar-refractivity contribution in [2.75, 3.05) is 11.9 Å². The van der Waals surface area contributed by atoms with Gasteiger partial charge in [-0.1, -0.05) is 18.2 Å². The molecule has 2 amide bonds. The van der Waals surface area contributed by atoms with Crippen LogP contribution in [0.1, 0.15) is 11.3 Å². The fourth-order valence-electron chi connectivity index (χ4n) is 3.07. The van der Waals surface area contributed by atoms with Gasteiger partial charge >= 0.3 is 11.8 Å². The summed E-state index contributed by atoms with van der Waals surface area (Å²) in [7, 11) is 0. The van der Waals surface area contributed by atoms with Gasteiger partial charge in [0.25, 0.3) is 5.69 Å². The molecule has 2 heterocycles. The number of carbonyl (C=O) groups excluding carboxylic acids is 2. The number of nitro groups is 1. The van der Waals surface area contributed by atoms with E-state index in [1.807, 2.05) is 5.38 Å². The van der Waals surface area contributed by atoms with E-state index < -0.39 is 22.6 Å². The van der Waals surface area contributed by atoms with Gasteiger partial charge in [-0.25, -0.2) is 8.91 Å². The van der Waals surface area contributed by atoms with Crippen LogP contribution in [0.25, 0.3) is 16.3 Å². The molecule has 2 aromatic carbocycles. The van der Waals surface area contributed by atoms with E-state index in [4.69, 9.17) is 0 Å². The number of hydrogen-bond donors (Lipinski definition) is 2. The summed E-state index contributed by atoms with van der Waals surface area (Å²) in [6, 6.07) is 10.2. The van der Waals surface area contributed by atoms with Crippen molar-refractivity contribution in [3.63, 3.8) is 0 Å². The minimum Gasteiger partial charge on any atom is -0.347 e. The maximum atomic E-state index is 14.0. The largest absolute Gasteiger partial charge is 0.347 e. The summed E-state index contributed by atoms with van der Waals surface area (Å²) >= 11 is 1.33. The number of thiazole rings is 1. The molecule has 0 fully saturated rings. The Morgan fingerprint density at radius 3 is 2.76 bits per heavy atom. The van der Waals surface area contributed by atoms with Crippen LogP contribution in [0.4, 0.5) is 15.8 Å². The SMILES string of the molecule is Cc1ccc([N+](=O)[O-])cc1NC(=O)C(=O)NCCc1csc2nc(-c3ccccc3F)nn12. The highest BCUT2D eigenvalue weighted by molar-refractivity contribution is 7.15. The molecule has 0 unspecified atom stereocenters. The van der Waals surface area contributed by atoms with E-state index in [1.54, 1.807) is 29.6 Å². The van der Waals surface area contributed by atoms with E-state index in [2.05, 4.69) is 20.7 Å². The second-order valence-electron chi connectivity index (χ2n) is 7.05. The van der Waals surface area contributed by atoms with Gasteiger partial charge in [0.1, 0.15) is 5.82 Å². The van der Waals surface area contributed by atoms with E-state index in [-0.39, 0.29) is 23.7 Å². The minimum atomic E-state index is -0.934. The molecule has 0 aliphatic carbocycles. The molecule has 168 valence electrons. The molecule has 0 atom stereocenters. The monoisotopic (exact) mass is 468 g/mol. The molecular weight excluding hydrogens is 451 g/mol. The summed E-state index contributed by atoms with van der Waals surface area (Å²) in [6.07, 6.45) is 0.356. The first kappa shape index (κ1) is 22.0. The number of hydrogen-bond acceptors (Lipinski definition) is 7. The summed E-state index contributed by atoms with van der Waals surface area (Å²) in [6.45, 7) is 1.80. The molecule has 0 saturated heterocycles. The van der Waals surface area contributed by atoms with Crippen molar-refractivity contribution in [3.8, 4) is 11.4 Å². The van der Waals surface area contributed by atoms with Crippen LogP contribution >= 0.6 is 11.3 Å². The highest BCUT2D eigenvalue weighted by atomic mass is 32.1. The van der Waals surface area contributed by atoms with E-state index >= 15 is 0 Å². The smallest absolute Gasteiger partial charge is 0.313 e. The zero-order valence-corrected chi connectivity index (χ0v) is 18.1. The number of amides is 2. The first-order chi connectivity index (χ1) is 15.8. The Balaban J connectivity index is 1.38. The van der Waals surface area contributed by atoms with E-state index in [0.29, 0.717) is 22.5 Å². The topological polar surface area (TPSA) is 132 Å². The van der Waals surface area contributed by atoms with Gasteiger partial charge in [0.05, 0.1) is 21.9 Å². The van der Waals surface area contributed by atoms with E-state index in [0.717, 1.165) is 5.69 Å². The first-order valence-electron chi connectivity index (χ1n) is 9.76. The van der Waals surface area contributed by atoms with Crippen LogP contribution in [0.2, 0.25) is 0 Å². The average Bonchev–Trinajstić information content (AvgIpc) is 3.37. The molecule has 0 aliphatic rings. The fourth-order valence-corrected chi connectivity index (χ4v) is 3.93. The van der Waals surface area contributed by atoms with Crippen molar-refractivity contribution in [1.82, 2.24) is 19.9 Å². The zero-order chi connectivity index (χ0) is 23.5. The number of anilines is 1. The number of fused-ring (bicyclic) bond motifs is 1. The van der Waals surface area contributed by atoms with E-state index in [9.17, 15) is 24.1 Å². The number of nitrogens with one attached hydrogen (secondary N) is 2. The third-order valence-corrected chi connectivity index (χ3v) is 5.68. The Morgan fingerprint density at radius 1 is 1.21 bits per heavy atom. The fraction of sp³-hybridized carbons (Fsp3) is 0.143. The van der Waals surface area contributed by atoms with Gasteiger partial charge in [-0.2, -0.15) is 4.98 Å². The number of carbonyl (C=O) groups is 2. The highest BCUT2D eigenvalue weighted by Gasteiger charge is 2.18. The lowest BCUT2D eigenvalue weighted by Gasteiger charge is -2.08. The van der Waals surface area contributed by atoms with Crippen molar-refractivity contribution in [1.29, 1.82) is 0 Å². The second kappa shape index (κ2) is 9.12. The molecule has 0 bridgehead atoms. The summed E-state index contributed by atoms with van der Waals surface area (Å²) in [5, 5.41) is 22.0. The zero-order valence-electron chi connectivity index (χ0n) is 17.2. The molecule has 0 aliphatic heterocycles. The third kappa shape index (κ3) is 4.70. The predicted molar refractivity (Wildman–Crippen MR) is 119 cm³/mol. The molecule has 2 aromatic heterocycles. The summed E-state index contributed by atoms with van der Waals surface area (Å²) in [5.41, 5.74) is 1.60. The van der Waals surface area contributed by atoms with Crippen LogP contribution in [0.15, 0.2) is 47.8 Å². The van der Waals surface area contributed by atoms with E-state index in [1.165, 1.54) is 35.6 Å². The molecule has 0 saturated carbocycles. The lowest BCUT2D eigenvalue weighted by atomic mass is 10.2. The number of aromatic nitrogens is 3. The molecule has 33 heavy (non-hydrogen) atoms. The number of rotatable bonds is 6. The lowest BCUT2D eigenvalue weighted by molar-refractivity contribution is -0.384. The van der Waals surface area contributed by atoms with Gasteiger partial charge in [0.15, 0.2) is 5.82 Å². The molecular formula is C21H17FN6O4S. The number of nitrogens with zero attached hydrogens (tertiary/aromatic N) is 4. The van der Waals surface area contributed by atoms with Crippen LogP contribution in [0.5, 0.6) is 0 Å². The maximum absolute atomic E-state index is 14.0. The summed E-state index contributed by atoms with van der Waals surface area (Å²) < 4.78 is 15.6. The van der Waals surface area contributed by atoms with Gasteiger partial charge in [-0.3, -0.25) is 19.7 Å². The maximum Gasteiger partial charge on any atom is 0.313 e. The number of benzene rings is 2. The Hall–Kier alpha value is -4.19. The van der Waals surface area contributed by atoms with Gasteiger partial charge < -0.3 is 10.6 Å². The van der Waals surface area contributed by atoms with Crippen molar-refractivity contribution < 1.29 is 18.9 Å². The number of halogens is 1. The molecule has 0 spiro atoms. The molecule has 4 aromatic rings. The number of non-ortho nitro benzene ring substituents is 1. The van der Waals surface area contributed by atoms with Gasteiger partial charge in [0, 0.05) is 30.5 Å². The minimum absolute atomic E-state index is 0.140. The first-order valence-corrected chi connectivity index (χ1v) is 10.6. The molecule has 10 nitrogen and oxygen atoms in total. The molecule has 0 radical (unpaired) electrons. The third-order valence-electron chi connectivity index (χ3n) is 4.82. The average molecular weight is 468 g/mol. The highest BCUT2D eigenvalue weighted by Crippen LogP contribution is 2.23. The van der Waals surface area contributed by atoms with Crippen molar-refractivity contribution in [3.05, 3.63) is 75.0 Å².